The van der Waals surface area contributed by atoms with Crippen LogP contribution in [0.3, 0.4) is 0 Å². The van der Waals surface area contributed by atoms with E-state index in [2.05, 4.69) is 557 Å². The zero-order chi connectivity index (χ0) is 106. The smallest absolute Gasteiger partial charge is 0.512 e. The van der Waals surface area contributed by atoms with Crippen LogP contribution in [-0.2, 0) is 84.3 Å². The van der Waals surface area contributed by atoms with Crippen molar-refractivity contribution in [2.24, 2.45) is 0 Å². The predicted molar refractivity (Wildman–Crippen MR) is 605 cm³/mol. The third kappa shape index (κ3) is 25.1. The van der Waals surface area contributed by atoms with E-state index in [-0.39, 0.29) is 84.3 Å². The molecular formula is C126H136N20Pt4. The number of hydrogen-bond acceptors (Lipinski definition) is 20. The van der Waals surface area contributed by atoms with Crippen molar-refractivity contribution in [1.29, 1.82) is 21.0 Å². The summed E-state index contributed by atoms with van der Waals surface area (Å²) in [5, 5.41) is 25.0. The molecule has 20 rings (SSSR count). The quantitative estimate of drug-likeness (QED) is 0.0844. The molecular weight excluding hydrogens is 2570 g/mol. The molecule has 12 aromatic carbocycles. The average molecular weight is 2710 g/mol. The van der Waals surface area contributed by atoms with Gasteiger partial charge in [-0.3, -0.25) is 0 Å². The van der Waals surface area contributed by atoms with Crippen molar-refractivity contribution in [3.8, 4) is 44.5 Å². The molecule has 0 radical (unpaired) electrons. The largest absolute Gasteiger partial charge is 4.00 e. The Morgan fingerprint density at radius 2 is 0.447 bits per heavy atom. The predicted octanol–water partition coefficient (Wildman–Crippen LogP) is 30.3. The van der Waals surface area contributed by atoms with Crippen LogP contribution in [0.2, 0.25) is 0 Å². The fourth-order valence-corrected chi connectivity index (χ4v) is 20.5. The Morgan fingerprint density at radius 1 is 0.220 bits per heavy atom. The molecule has 0 bridgehead atoms. The van der Waals surface area contributed by atoms with Gasteiger partial charge in [0.1, 0.15) is 0 Å². The number of rotatable bonds is 16. The third-order valence-electron chi connectivity index (χ3n) is 28.3. The molecule has 0 unspecified atom stereocenters. The van der Waals surface area contributed by atoms with E-state index in [1.807, 2.05) is 14.1 Å². The number of benzene rings is 12. The molecule has 0 saturated carbocycles. The van der Waals surface area contributed by atoms with Crippen molar-refractivity contribution in [3.05, 3.63) is 411 Å². The summed E-state index contributed by atoms with van der Waals surface area (Å²) in [6.45, 7) is 85.0. The van der Waals surface area contributed by atoms with Crippen LogP contribution in [0.5, 0.6) is 0 Å². The van der Waals surface area contributed by atoms with Gasteiger partial charge in [-0.25, -0.2) is 0 Å². The maximum atomic E-state index is 6.25. The van der Waals surface area contributed by atoms with Crippen molar-refractivity contribution in [2.75, 3.05) is 115 Å². The van der Waals surface area contributed by atoms with Gasteiger partial charge in [-0.15, -0.1) is 141 Å². The van der Waals surface area contributed by atoms with Crippen molar-refractivity contribution >= 4 is 91.0 Å². The Kier molecular flexibility index (Phi) is 41.6. The zero-order valence-corrected chi connectivity index (χ0v) is 101. The molecule has 0 N–H and O–H groups in total. The minimum Gasteiger partial charge on any atom is -0.512 e. The summed E-state index contributed by atoms with van der Waals surface area (Å²) in [5.74, 6) is 1.73. The Balaban J connectivity index is 0.000000215. The van der Waals surface area contributed by atoms with E-state index in [1.54, 1.807) is 0 Å². The summed E-state index contributed by atoms with van der Waals surface area (Å²) in [4.78, 5) is 35.1. The van der Waals surface area contributed by atoms with E-state index in [4.69, 9.17) is 47.3 Å². The van der Waals surface area contributed by atoms with Gasteiger partial charge in [0.15, 0.2) is 0 Å². The van der Waals surface area contributed by atoms with Gasteiger partial charge in [-0.1, -0.05) is 151 Å². The molecule has 0 aliphatic carbocycles. The fraction of sp³-hybridized carbons (Fsp3) is 0.270. The average Bonchev–Trinajstić information content (AvgIpc) is 1.56. The van der Waals surface area contributed by atoms with Crippen LogP contribution in [0.4, 0.5) is 91.0 Å². The minimum absolute atomic E-state index is 0. The van der Waals surface area contributed by atoms with Gasteiger partial charge in [0, 0.05) is 56.9 Å². The molecule has 150 heavy (non-hydrogen) atoms. The molecule has 0 spiro atoms. The molecule has 780 valence electrons. The molecule has 0 fully saturated rings. The number of fused-ring (bicyclic) bond motifs is 4. The normalized spacial score (nSPS) is 14.3. The summed E-state index contributed by atoms with van der Waals surface area (Å²) < 4.78 is 0. The van der Waals surface area contributed by atoms with Crippen molar-refractivity contribution in [2.45, 2.75) is 176 Å². The first kappa shape index (κ1) is 121. The topological polar surface area (TPSA) is 147 Å². The standard InChI is InChI=1S/C33H33N4.C32H37N4.C29H31N4.C28H35N4.4CN.4Pt/c1-21-12-24(4)33(25(5)13-21)26-16-27(36-19-34(6)29-10-8-9-11-30(29)36)18-28(17-26)37-20-35(7)31-14-22(2)23(3)15-32(31)37;1-21(2)28-12-11-13-29(22(3)4)32(28)25-16-26(35-19-33(7)23(5)24(35)6)18-27(17-25)36-20-34(8)30-14-9-10-15-31(30)36;1-19-10-22(4)29(23(5)11-19)24-14-25(32-9-8-30(6)17-32)16-26(15-24)33-18-31(7)27-12-20(2)21(3)13-28(27)33;1-19(2)26-10-9-11-27(20(3)4)28(26)23-14-24(31-13-12-29(7)17-31)16-25(15-23)32-18-30(8)21(5)22(32)6;4*1-2;;;;/h8-17,19-20H,1-7H3;9-17,19-22H,1-8H3;8-15,17-18H,1-7H3;9-15,17-20H,1-8H3;;;;;;;;/q4*-3;4*-1;4*+4. The minimum atomic E-state index is 0. The first-order chi connectivity index (χ1) is 69.7. The van der Waals surface area contributed by atoms with E-state index in [0.29, 0.717) is 23.7 Å². The van der Waals surface area contributed by atoms with E-state index >= 15 is 0 Å². The fourth-order valence-electron chi connectivity index (χ4n) is 20.5. The van der Waals surface area contributed by atoms with Gasteiger partial charge in [0.2, 0.25) is 0 Å². The summed E-state index contributed by atoms with van der Waals surface area (Å²) in [5.41, 5.74) is 51.5. The van der Waals surface area contributed by atoms with Crippen molar-refractivity contribution in [3.63, 3.8) is 0 Å². The summed E-state index contributed by atoms with van der Waals surface area (Å²) in [6.07, 6.45) is 8.28. The van der Waals surface area contributed by atoms with Gasteiger partial charge >= 0.3 is 84.3 Å². The van der Waals surface area contributed by atoms with Crippen molar-refractivity contribution in [1.82, 2.24) is 19.6 Å². The Bertz CT molecular complexity index is 6940. The number of anilines is 16. The van der Waals surface area contributed by atoms with Gasteiger partial charge in [-0.05, 0) is 351 Å². The number of para-hydroxylation sites is 4. The number of allylic oxidation sites excluding steroid dienone is 4. The SMILES string of the molecule is CC1=C(C)N(c2[c-]c(N3C=CN(C)[CH-]3)cc(-c3c(C(C)C)cccc3C(C)C)c2)[CH-]N1C.CC1=C(C)N(c2[c-]c(N3[CH-]N(C)c4ccccc43)cc(-c3c(C(C)C)cccc3C(C)C)c2)[CH-]N1C.Cc1cc(C)c(-c2cc(N3C=CN(C)[CH-]3)[c-]c(N3[CH-]N(C)c4cc(C)c(C)cc43)c2)c(C)c1.Cc1cc(C)c(-c2cc(N3[CH-]N(C)c4ccccc43)[c-]c(N3[CH-]N(C)c4cc(C)c(C)cc43)c2)c(C)c1.[C-]#N.[C-]#N.[C-]#N.[C-]#N.[Pt+4].[Pt+4].[Pt+4].[Pt+4]. The van der Waals surface area contributed by atoms with Crippen LogP contribution in [0.1, 0.15) is 185 Å². The second-order valence-electron chi connectivity index (χ2n) is 40.1. The van der Waals surface area contributed by atoms with Gasteiger partial charge in [-0.2, -0.15) is 53.3 Å². The second kappa shape index (κ2) is 51.8. The number of hydrogen-bond donors (Lipinski definition) is 0. The molecule has 12 aromatic rings. The van der Waals surface area contributed by atoms with Crippen LogP contribution in [0, 0.1) is 194 Å². The van der Waals surface area contributed by atoms with Crippen LogP contribution in [0.25, 0.3) is 44.5 Å². The molecule has 8 heterocycles. The maximum absolute atomic E-state index is 6.25. The Morgan fingerprint density at radius 3 is 0.700 bits per heavy atom. The molecule has 0 aromatic heterocycles. The molecule has 0 saturated heterocycles. The first-order valence-electron chi connectivity index (χ1n) is 49.4. The summed E-state index contributed by atoms with van der Waals surface area (Å²) in [6, 6.07) is 82.1. The molecule has 0 amide bonds. The molecule has 8 aliphatic rings. The van der Waals surface area contributed by atoms with Gasteiger partial charge in [0.05, 0.1) is 0 Å². The van der Waals surface area contributed by atoms with Gasteiger partial charge in [0.25, 0.3) is 0 Å². The molecule has 8 aliphatic heterocycles. The first-order valence-corrected chi connectivity index (χ1v) is 49.4. The van der Waals surface area contributed by atoms with Crippen LogP contribution >= 0.6 is 0 Å². The Hall–Kier alpha value is -12.9. The second-order valence-corrected chi connectivity index (χ2v) is 40.1. The van der Waals surface area contributed by atoms with E-state index in [9.17, 15) is 0 Å². The summed E-state index contributed by atoms with van der Waals surface area (Å²) >= 11 is 0. The summed E-state index contributed by atoms with van der Waals surface area (Å²) in [7, 11) is 16.7. The maximum Gasteiger partial charge on any atom is 4.00 e. The van der Waals surface area contributed by atoms with E-state index in [0.717, 1.165) is 51.2 Å². The molecule has 0 atom stereocenters. The third-order valence-corrected chi connectivity index (χ3v) is 28.3. The van der Waals surface area contributed by atoms with Crippen molar-refractivity contribution < 1.29 is 84.3 Å². The van der Waals surface area contributed by atoms with Gasteiger partial charge < -0.3 is 126 Å². The van der Waals surface area contributed by atoms with Crippen LogP contribution < -0.4 is 58.8 Å². The van der Waals surface area contributed by atoms with E-state index in [1.165, 1.54) is 185 Å². The number of nitrogens with zero attached hydrogens (tertiary/aromatic N) is 20. The molecule has 24 heteroatoms. The van der Waals surface area contributed by atoms with Crippen LogP contribution in [-0.4, -0.2) is 76.0 Å². The monoisotopic (exact) mass is 2710 g/mol. The Labute approximate surface area is 954 Å². The van der Waals surface area contributed by atoms with E-state index < -0.39 is 0 Å². The van der Waals surface area contributed by atoms with Crippen LogP contribution in [0.15, 0.2) is 230 Å². The number of aryl methyl sites for hydroxylation is 10. The zero-order valence-electron chi connectivity index (χ0n) is 91.8. The molecule has 20 nitrogen and oxygen atoms in total.